The van der Waals surface area contributed by atoms with E-state index in [9.17, 15) is 14.2 Å². The molecule has 3 unspecified atom stereocenters. The zero-order valence-electron chi connectivity index (χ0n) is 13.9. The standard InChI is InChI=1S/C14H27N2O6P/c1-4-5-8-12(15)23(19,20-3)22-10(2)13(17)21-14(18)11-7-6-9-16-11/h10-12,16H,4-9,15H2,1-3H3/t10?,11-,12?,23?/m0/s1. The molecule has 134 valence electrons. The average Bonchev–Trinajstić information content (AvgIpc) is 3.06. The van der Waals surface area contributed by atoms with Gasteiger partial charge in [-0.25, -0.2) is 9.59 Å². The lowest BCUT2D eigenvalue weighted by Crippen LogP contribution is -2.37. The molecule has 0 saturated carbocycles. The van der Waals surface area contributed by atoms with Gasteiger partial charge in [-0.1, -0.05) is 19.8 Å². The van der Waals surface area contributed by atoms with Crippen LogP contribution in [0.2, 0.25) is 0 Å². The van der Waals surface area contributed by atoms with E-state index in [1.807, 2.05) is 6.92 Å². The average molecular weight is 350 g/mol. The lowest BCUT2D eigenvalue weighted by molar-refractivity contribution is -0.165. The Hall–Kier alpha value is -0.790. The molecular formula is C14H27N2O6P. The van der Waals surface area contributed by atoms with E-state index in [1.54, 1.807) is 0 Å². The third-order valence-electron chi connectivity index (χ3n) is 3.70. The summed E-state index contributed by atoms with van der Waals surface area (Å²) in [6, 6.07) is -0.479. The number of unbranched alkanes of at least 4 members (excludes halogenated alkanes) is 1. The molecule has 0 aliphatic carbocycles. The molecule has 1 saturated heterocycles. The minimum atomic E-state index is -3.65. The summed E-state index contributed by atoms with van der Waals surface area (Å²) >= 11 is 0. The number of ether oxygens (including phenoxy) is 1. The van der Waals surface area contributed by atoms with Crippen LogP contribution in [0.25, 0.3) is 0 Å². The Morgan fingerprint density at radius 3 is 2.65 bits per heavy atom. The summed E-state index contributed by atoms with van der Waals surface area (Å²) < 4.78 is 27.5. The van der Waals surface area contributed by atoms with Crippen LogP contribution in [0.1, 0.15) is 46.0 Å². The van der Waals surface area contributed by atoms with Gasteiger partial charge in [-0.3, -0.25) is 9.09 Å². The van der Waals surface area contributed by atoms with E-state index in [0.717, 1.165) is 19.3 Å². The first-order valence-electron chi connectivity index (χ1n) is 7.92. The van der Waals surface area contributed by atoms with Crippen LogP contribution >= 0.6 is 7.60 Å². The Labute approximate surface area is 136 Å². The van der Waals surface area contributed by atoms with Crippen LogP contribution in [0, 0.1) is 0 Å². The quantitative estimate of drug-likeness (QED) is 0.365. The molecule has 3 N–H and O–H groups in total. The van der Waals surface area contributed by atoms with Crippen molar-refractivity contribution in [3.63, 3.8) is 0 Å². The first-order chi connectivity index (χ1) is 10.8. The molecule has 0 aromatic carbocycles. The number of esters is 2. The number of hydrogen-bond acceptors (Lipinski definition) is 8. The fraction of sp³-hybridized carbons (Fsp3) is 0.857. The third kappa shape index (κ3) is 5.97. The van der Waals surface area contributed by atoms with Gasteiger partial charge in [-0.2, -0.15) is 0 Å². The molecule has 0 radical (unpaired) electrons. The van der Waals surface area contributed by atoms with Crippen molar-refractivity contribution >= 4 is 19.5 Å². The number of carbonyl (C=O) groups is 2. The minimum absolute atomic E-state index is 0.453. The maximum atomic E-state index is 12.6. The van der Waals surface area contributed by atoms with E-state index in [1.165, 1.54) is 14.0 Å². The van der Waals surface area contributed by atoms with Gasteiger partial charge in [0.1, 0.15) is 11.8 Å². The summed E-state index contributed by atoms with van der Waals surface area (Å²) in [4.78, 5) is 23.7. The van der Waals surface area contributed by atoms with Gasteiger partial charge >= 0.3 is 19.5 Å². The number of nitrogens with one attached hydrogen (secondary N) is 1. The molecule has 0 aromatic heterocycles. The van der Waals surface area contributed by atoms with E-state index in [4.69, 9.17) is 19.5 Å². The van der Waals surface area contributed by atoms with Gasteiger partial charge < -0.3 is 20.3 Å². The van der Waals surface area contributed by atoms with Crippen LogP contribution in [0.3, 0.4) is 0 Å². The molecule has 1 aliphatic rings. The molecule has 1 rings (SSSR count). The Morgan fingerprint density at radius 2 is 2.13 bits per heavy atom. The van der Waals surface area contributed by atoms with Crippen molar-refractivity contribution in [1.29, 1.82) is 0 Å². The topological polar surface area (TPSA) is 117 Å². The van der Waals surface area contributed by atoms with Crippen molar-refractivity contribution in [1.82, 2.24) is 5.32 Å². The maximum absolute atomic E-state index is 12.6. The summed E-state index contributed by atoms with van der Waals surface area (Å²) in [5.74, 6) is -2.37. The Balaban J connectivity index is 2.56. The van der Waals surface area contributed by atoms with Crippen LogP contribution in [-0.4, -0.2) is 43.5 Å². The molecule has 1 aliphatic heterocycles. The zero-order chi connectivity index (χ0) is 17.5. The molecule has 8 nitrogen and oxygen atoms in total. The molecule has 0 spiro atoms. The number of nitrogens with two attached hydrogens (primary N) is 1. The molecule has 1 fully saturated rings. The zero-order valence-corrected chi connectivity index (χ0v) is 14.8. The van der Waals surface area contributed by atoms with Crippen LogP contribution in [0.5, 0.6) is 0 Å². The number of carbonyl (C=O) groups excluding carboxylic acids is 2. The largest absolute Gasteiger partial charge is 0.390 e. The van der Waals surface area contributed by atoms with Gasteiger partial charge in [0, 0.05) is 7.11 Å². The Kier molecular flexibility index (Phi) is 8.36. The third-order valence-corrected chi connectivity index (χ3v) is 5.89. The second-order valence-corrected chi connectivity index (χ2v) is 7.89. The summed E-state index contributed by atoms with van der Waals surface area (Å²) in [7, 11) is -2.43. The van der Waals surface area contributed by atoms with E-state index >= 15 is 0 Å². The van der Waals surface area contributed by atoms with E-state index in [-0.39, 0.29) is 0 Å². The molecule has 9 heteroatoms. The van der Waals surface area contributed by atoms with Crippen molar-refractivity contribution in [2.75, 3.05) is 13.7 Å². The van der Waals surface area contributed by atoms with Crippen molar-refractivity contribution in [2.45, 2.75) is 63.9 Å². The molecular weight excluding hydrogens is 323 g/mol. The van der Waals surface area contributed by atoms with Crippen molar-refractivity contribution < 1.29 is 27.9 Å². The Bertz CT molecular complexity index is 453. The first kappa shape index (κ1) is 20.3. The molecule has 1 heterocycles. The smallest absolute Gasteiger partial charge is 0.347 e. The summed E-state index contributed by atoms with van der Waals surface area (Å²) in [5, 5.41) is 2.93. The lowest BCUT2D eigenvalue weighted by Gasteiger charge is -2.24. The highest BCUT2D eigenvalue weighted by atomic mass is 31.2. The fourth-order valence-corrected chi connectivity index (χ4v) is 3.77. The maximum Gasteiger partial charge on any atom is 0.347 e. The van der Waals surface area contributed by atoms with E-state index < -0.39 is 37.5 Å². The highest BCUT2D eigenvalue weighted by Gasteiger charge is 2.37. The summed E-state index contributed by atoms with van der Waals surface area (Å²) in [6.45, 7) is 4.05. The minimum Gasteiger partial charge on any atom is -0.390 e. The Morgan fingerprint density at radius 1 is 1.43 bits per heavy atom. The second-order valence-electron chi connectivity index (χ2n) is 5.57. The molecule has 0 aromatic rings. The normalized spacial score (nSPS) is 23.0. The summed E-state index contributed by atoms with van der Waals surface area (Å²) in [5.41, 5.74) is 5.86. The molecule has 0 amide bonds. The van der Waals surface area contributed by atoms with Gasteiger partial charge in [0.15, 0.2) is 6.10 Å². The molecule has 23 heavy (non-hydrogen) atoms. The predicted molar refractivity (Wildman–Crippen MR) is 84.8 cm³/mol. The van der Waals surface area contributed by atoms with Gasteiger partial charge in [-0.05, 0) is 32.7 Å². The highest BCUT2D eigenvalue weighted by molar-refractivity contribution is 7.54. The van der Waals surface area contributed by atoms with Crippen molar-refractivity contribution in [3.8, 4) is 0 Å². The number of rotatable bonds is 9. The highest BCUT2D eigenvalue weighted by Crippen LogP contribution is 2.52. The first-order valence-corrected chi connectivity index (χ1v) is 9.53. The van der Waals surface area contributed by atoms with Gasteiger partial charge in [0.25, 0.3) is 0 Å². The lowest BCUT2D eigenvalue weighted by atomic mass is 10.2. The number of hydrogen-bond donors (Lipinski definition) is 2. The van der Waals surface area contributed by atoms with Crippen LogP contribution < -0.4 is 11.1 Å². The van der Waals surface area contributed by atoms with Crippen molar-refractivity contribution in [2.24, 2.45) is 5.73 Å². The van der Waals surface area contributed by atoms with Crippen LogP contribution in [0.4, 0.5) is 0 Å². The second kappa shape index (κ2) is 9.49. The molecule has 4 atom stereocenters. The van der Waals surface area contributed by atoms with E-state index in [0.29, 0.717) is 19.4 Å². The van der Waals surface area contributed by atoms with E-state index in [2.05, 4.69) is 5.32 Å². The fourth-order valence-electron chi connectivity index (χ4n) is 2.23. The summed E-state index contributed by atoms with van der Waals surface area (Å²) in [6.07, 6.45) is 2.37. The SMILES string of the molecule is CCCCC(N)P(=O)(OC)OC(C)C(=O)OC(=O)[C@@H]1CCCN1. The predicted octanol–water partition coefficient (Wildman–Crippen LogP) is 1.53. The van der Waals surface area contributed by atoms with Gasteiger partial charge in [0.2, 0.25) is 0 Å². The van der Waals surface area contributed by atoms with Gasteiger partial charge in [0.05, 0.1) is 0 Å². The molecule has 0 bridgehead atoms. The van der Waals surface area contributed by atoms with Gasteiger partial charge in [-0.15, -0.1) is 0 Å². The van der Waals surface area contributed by atoms with Crippen LogP contribution in [0.15, 0.2) is 0 Å². The van der Waals surface area contributed by atoms with Crippen molar-refractivity contribution in [3.05, 3.63) is 0 Å². The monoisotopic (exact) mass is 350 g/mol. The van der Waals surface area contributed by atoms with Crippen LogP contribution in [-0.2, 0) is 27.9 Å².